The molecule has 0 fully saturated rings. The predicted octanol–water partition coefficient (Wildman–Crippen LogP) is 7.64. The predicted molar refractivity (Wildman–Crippen MR) is 151 cm³/mol. The lowest BCUT2D eigenvalue weighted by Gasteiger charge is -2.45. The second-order valence-electron chi connectivity index (χ2n) is 9.97. The molecule has 0 radical (unpaired) electrons. The van der Waals surface area contributed by atoms with Gasteiger partial charge in [-0.2, -0.15) is 0 Å². The molecule has 0 atom stereocenters. The zero-order valence-electron chi connectivity index (χ0n) is 22.8. The van der Waals surface area contributed by atoms with E-state index in [1.54, 1.807) is 14.2 Å². The summed E-state index contributed by atoms with van der Waals surface area (Å²) in [7, 11) is 3.27. The minimum absolute atomic E-state index is 0.260. The molecule has 37 heavy (non-hydrogen) atoms. The van der Waals surface area contributed by atoms with E-state index in [0.29, 0.717) is 0 Å². The van der Waals surface area contributed by atoms with Crippen LogP contribution < -0.4 is 9.47 Å². The van der Waals surface area contributed by atoms with Gasteiger partial charge in [0.15, 0.2) is 5.79 Å². The van der Waals surface area contributed by atoms with Crippen molar-refractivity contribution in [2.24, 2.45) is 0 Å². The number of methoxy groups -OCH3 is 2. The van der Waals surface area contributed by atoms with Crippen molar-refractivity contribution in [3.8, 4) is 11.5 Å². The molecule has 0 unspecified atom stereocenters. The Labute approximate surface area is 223 Å². The summed E-state index contributed by atoms with van der Waals surface area (Å²) in [5, 5.41) is 24.1. The highest BCUT2D eigenvalue weighted by Gasteiger charge is 2.53. The van der Waals surface area contributed by atoms with Crippen LogP contribution in [0.25, 0.3) is 0 Å². The van der Waals surface area contributed by atoms with Gasteiger partial charge in [-0.25, -0.2) is 0 Å². The van der Waals surface area contributed by atoms with Crippen LogP contribution >= 0.6 is 0 Å². The molecular formula is C33H44O4. The minimum Gasteiger partial charge on any atom is -0.497 e. The first-order valence-corrected chi connectivity index (χ1v) is 13.8. The van der Waals surface area contributed by atoms with Crippen molar-refractivity contribution in [3.63, 3.8) is 0 Å². The summed E-state index contributed by atoms with van der Waals surface area (Å²) in [6.45, 7) is 2.24. The molecule has 0 aromatic heterocycles. The molecule has 0 aliphatic carbocycles. The maximum Gasteiger partial charge on any atom is 0.180 e. The Bertz CT molecular complexity index is 979. The smallest absolute Gasteiger partial charge is 0.180 e. The van der Waals surface area contributed by atoms with E-state index in [4.69, 9.17) is 9.47 Å². The lowest BCUT2D eigenvalue weighted by atomic mass is 9.62. The van der Waals surface area contributed by atoms with E-state index in [2.05, 4.69) is 6.92 Å². The largest absolute Gasteiger partial charge is 0.497 e. The molecule has 3 aromatic carbocycles. The number of unbranched alkanes of at least 4 members (excludes halogenated alkanes) is 8. The van der Waals surface area contributed by atoms with Gasteiger partial charge in [-0.15, -0.1) is 0 Å². The average Bonchev–Trinajstić information content (AvgIpc) is 2.93. The summed E-state index contributed by atoms with van der Waals surface area (Å²) < 4.78 is 10.8. The van der Waals surface area contributed by atoms with Crippen LogP contribution in [0, 0.1) is 0 Å². The highest BCUT2D eigenvalue weighted by molar-refractivity contribution is 5.54. The van der Waals surface area contributed by atoms with Gasteiger partial charge in [0.2, 0.25) is 0 Å². The molecule has 4 heteroatoms. The van der Waals surface area contributed by atoms with Crippen LogP contribution in [0.3, 0.4) is 0 Å². The summed E-state index contributed by atoms with van der Waals surface area (Å²) in [5.74, 6) is -0.583. The third kappa shape index (κ3) is 6.94. The van der Waals surface area contributed by atoms with Crippen molar-refractivity contribution < 1.29 is 19.7 Å². The van der Waals surface area contributed by atoms with Crippen LogP contribution in [0.2, 0.25) is 0 Å². The fourth-order valence-corrected chi connectivity index (χ4v) is 5.43. The summed E-state index contributed by atoms with van der Waals surface area (Å²) >= 11 is 0. The zero-order chi connectivity index (χ0) is 26.6. The Kier molecular flexibility index (Phi) is 11.0. The average molecular weight is 505 g/mol. The first-order chi connectivity index (χ1) is 18.0. The summed E-state index contributed by atoms with van der Waals surface area (Å²) in [5.41, 5.74) is 1.22. The third-order valence-electron chi connectivity index (χ3n) is 7.48. The van der Waals surface area contributed by atoms with Crippen molar-refractivity contribution >= 4 is 0 Å². The monoisotopic (exact) mass is 504 g/mol. The first-order valence-electron chi connectivity index (χ1n) is 13.8. The number of hydrogen-bond acceptors (Lipinski definition) is 4. The van der Waals surface area contributed by atoms with Gasteiger partial charge >= 0.3 is 0 Å². The van der Waals surface area contributed by atoms with Crippen LogP contribution in [-0.4, -0.2) is 30.2 Å². The topological polar surface area (TPSA) is 58.9 Å². The molecule has 0 heterocycles. The highest BCUT2D eigenvalue weighted by Crippen LogP contribution is 2.49. The molecule has 3 aromatic rings. The summed E-state index contributed by atoms with van der Waals surface area (Å²) in [6, 6.07) is 25.1. The van der Waals surface area contributed by atoms with E-state index in [1.165, 1.54) is 38.5 Å². The number of benzene rings is 3. The maximum absolute atomic E-state index is 12.0. The van der Waals surface area contributed by atoms with E-state index < -0.39 is 11.2 Å². The van der Waals surface area contributed by atoms with Crippen LogP contribution in [0.5, 0.6) is 11.5 Å². The van der Waals surface area contributed by atoms with E-state index in [-0.39, 0.29) is 6.42 Å². The lowest BCUT2D eigenvalue weighted by molar-refractivity contribution is -0.198. The fourth-order valence-electron chi connectivity index (χ4n) is 5.43. The molecule has 0 aliphatic heterocycles. The number of rotatable bonds is 16. The van der Waals surface area contributed by atoms with Gasteiger partial charge in [0.1, 0.15) is 11.5 Å². The normalized spacial score (nSPS) is 11.9. The summed E-state index contributed by atoms with van der Waals surface area (Å²) in [4.78, 5) is 0. The molecule has 200 valence electrons. The first kappa shape index (κ1) is 28.7. The van der Waals surface area contributed by atoms with Gasteiger partial charge in [-0.1, -0.05) is 113 Å². The maximum atomic E-state index is 12.0. The van der Waals surface area contributed by atoms with Gasteiger partial charge in [-0.05, 0) is 47.4 Å². The van der Waals surface area contributed by atoms with Gasteiger partial charge in [0.05, 0.1) is 19.6 Å². The Morgan fingerprint density at radius 2 is 0.946 bits per heavy atom. The van der Waals surface area contributed by atoms with Crippen molar-refractivity contribution in [1.29, 1.82) is 0 Å². The standard InChI is InChI=1S/C33H44O4/c1-4-5-6-7-8-9-10-11-15-26-32(34,35)33(27-16-13-12-14-17-27,28-18-22-30(36-2)23-19-28)29-20-24-31(37-3)25-21-29/h12-14,16-25,34-35H,4-11,15,26H2,1-3H3. The minimum atomic E-state index is -2.03. The second-order valence-corrected chi connectivity index (χ2v) is 9.97. The molecule has 2 N–H and O–H groups in total. The van der Waals surface area contributed by atoms with E-state index in [0.717, 1.165) is 47.5 Å². The van der Waals surface area contributed by atoms with E-state index in [9.17, 15) is 10.2 Å². The van der Waals surface area contributed by atoms with Crippen LogP contribution in [0.4, 0.5) is 0 Å². The lowest BCUT2D eigenvalue weighted by Crippen LogP contribution is -2.53. The van der Waals surface area contributed by atoms with Crippen molar-refractivity contribution in [3.05, 3.63) is 95.6 Å². The van der Waals surface area contributed by atoms with Gasteiger partial charge in [0, 0.05) is 6.42 Å². The summed E-state index contributed by atoms with van der Waals surface area (Å²) in [6.07, 6.45) is 10.7. The van der Waals surface area contributed by atoms with Gasteiger partial charge in [-0.3, -0.25) is 0 Å². The van der Waals surface area contributed by atoms with Crippen LogP contribution in [0.1, 0.15) is 87.8 Å². The van der Waals surface area contributed by atoms with Crippen LogP contribution in [0.15, 0.2) is 78.9 Å². The highest BCUT2D eigenvalue weighted by atomic mass is 16.5. The van der Waals surface area contributed by atoms with Gasteiger partial charge in [0.25, 0.3) is 0 Å². The Hall–Kier alpha value is -2.82. The van der Waals surface area contributed by atoms with E-state index >= 15 is 0 Å². The SMILES string of the molecule is CCCCCCCCCCCC(O)(O)C(c1ccccc1)(c1ccc(OC)cc1)c1ccc(OC)cc1. The Balaban J connectivity index is 1.95. The molecule has 0 saturated heterocycles. The molecule has 0 saturated carbocycles. The number of hydrogen-bond donors (Lipinski definition) is 2. The molecular weight excluding hydrogens is 460 g/mol. The molecule has 4 nitrogen and oxygen atoms in total. The quantitative estimate of drug-likeness (QED) is 0.120. The molecule has 0 spiro atoms. The number of aliphatic hydroxyl groups is 2. The number of ether oxygens (including phenoxy) is 2. The molecule has 0 amide bonds. The second kappa shape index (κ2) is 14.2. The van der Waals surface area contributed by atoms with Crippen molar-refractivity contribution in [2.75, 3.05) is 14.2 Å². The van der Waals surface area contributed by atoms with Crippen molar-refractivity contribution in [2.45, 2.75) is 82.3 Å². The third-order valence-corrected chi connectivity index (χ3v) is 7.48. The van der Waals surface area contributed by atoms with Gasteiger partial charge < -0.3 is 19.7 Å². The zero-order valence-corrected chi connectivity index (χ0v) is 22.8. The van der Waals surface area contributed by atoms with E-state index in [1.807, 2.05) is 78.9 Å². The van der Waals surface area contributed by atoms with Crippen LogP contribution in [-0.2, 0) is 5.41 Å². The fraction of sp³-hybridized carbons (Fsp3) is 0.455. The van der Waals surface area contributed by atoms with Crippen molar-refractivity contribution in [1.82, 2.24) is 0 Å². The molecule has 0 aliphatic rings. The molecule has 0 bridgehead atoms. The molecule has 3 rings (SSSR count). The Morgan fingerprint density at radius 1 is 0.541 bits per heavy atom. The Morgan fingerprint density at radius 3 is 1.38 bits per heavy atom.